The number of carbonyl (C=O) groups is 1. The van der Waals surface area contributed by atoms with Crippen molar-refractivity contribution in [1.29, 1.82) is 0 Å². The summed E-state index contributed by atoms with van der Waals surface area (Å²) in [5.74, 6) is -0.179. The van der Waals surface area contributed by atoms with Crippen LogP contribution in [0.3, 0.4) is 0 Å². The highest BCUT2D eigenvalue weighted by atomic mass is 32.2. The van der Waals surface area contributed by atoms with Crippen LogP contribution >= 0.6 is 23.1 Å². The van der Waals surface area contributed by atoms with Gasteiger partial charge < -0.3 is 4.98 Å². The molecule has 4 rings (SSSR count). The van der Waals surface area contributed by atoms with E-state index >= 15 is 0 Å². The number of nitrogens with one attached hydrogen (secondary N) is 2. The number of amides is 1. The first kappa shape index (κ1) is 18.3. The van der Waals surface area contributed by atoms with Crippen LogP contribution in [-0.4, -0.2) is 41.6 Å². The summed E-state index contributed by atoms with van der Waals surface area (Å²) < 4.78 is 1.61. The van der Waals surface area contributed by atoms with Gasteiger partial charge in [0, 0.05) is 0 Å². The minimum absolute atomic E-state index is 0.0751. The summed E-state index contributed by atoms with van der Waals surface area (Å²) in [6.07, 6.45) is 1.49. The number of benzene rings is 1. The number of rotatable bonds is 5. The number of aromatic nitrogens is 6. The number of anilines is 1. The molecule has 0 spiro atoms. The van der Waals surface area contributed by atoms with Gasteiger partial charge in [-0.3, -0.25) is 14.9 Å². The van der Waals surface area contributed by atoms with Crippen molar-refractivity contribution in [1.82, 2.24) is 29.9 Å². The Morgan fingerprint density at radius 2 is 2.04 bits per heavy atom. The van der Waals surface area contributed by atoms with E-state index < -0.39 is 0 Å². The van der Waals surface area contributed by atoms with Gasteiger partial charge in [0.1, 0.15) is 10.4 Å². The molecule has 0 fully saturated rings. The summed E-state index contributed by atoms with van der Waals surface area (Å²) in [5.41, 5.74) is 2.07. The molecule has 3 heterocycles. The van der Waals surface area contributed by atoms with Crippen LogP contribution in [0.1, 0.15) is 10.6 Å². The fourth-order valence-corrected chi connectivity index (χ4v) is 3.74. The molecule has 1 aromatic carbocycles. The quantitative estimate of drug-likeness (QED) is 0.381. The highest BCUT2D eigenvalue weighted by Crippen LogP contribution is 2.19. The Bertz CT molecular complexity index is 1210. The molecule has 142 valence electrons. The summed E-state index contributed by atoms with van der Waals surface area (Å²) in [7, 11) is 0. The van der Waals surface area contributed by atoms with E-state index in [9.17, 15) is 9.59 Å². The van der Waals surface area contributed by atoms with Crippen LogP contribution in [0.5, 0.6) is 0 Å². The van der Waals surface area contributed by atoms with Crippen molar-refractivity contribution in [2.75, 3.05) is 11.1 Å². The van der Waals surface area contributed by atoms with E-state index in [0.29, 0.717) is 21.3 Å². The first-order valence-electron chi connectivity index (χ1n) is 8.27. The first-order valence-corrected chi connectivity index (χ1v) is 10.1. The molecule has 4 aromatic rings. The molecule has 0 atom stereocenters. The zero-order chi connectivity index (χ0) is 19.7. The lowest BCUT2D eigenvalue weighted by Gasteiger charge is -2.05. The van der Waals surface area contributed by atoms with Crippen molar-refractivity contribution in [2.24, 2.45) is 0 Å². The number of aromatic amines is 1. The number of carbonyl (C=O) groups excluding carboxylic acids is 1. The maximum Gasteiger partial charge on any atom is 0.262 e. The standard InChI is InChI=1S/C17H15N7O2S2/c1-9-3-5-11(6-4-9)24-14-12(7-18-24)15(26)21-16(20-14)27-8-13(25)19-17-23-22-10(2)28-17/h3-7H,8H2,1-2H3,(H,19,23,25)(H,20,21,26). The van der Waals surface area contributed by atoms with E-state index in [4.69, 9.17) is 0 Å². The maximum absolute atomic E-state index is 12.4. The van der Waals surface area contributed by atoms with Gasteiger partial charge in [0.15, 0.2) is 10.8 Å². The topological polar surface area (TPSA) is 118 Å². The largest absolute Gasteiger partial charge is 0.301 e. The van der Waals surface area contributed by atoms with E-state index in [1.165, 1.54) is 17.5 Å². The third-order valence-corrected chi connectivity index (χ3v) is 5.43. The van der Waals surface area contributed by atoms with Gasteiger partial charge in [-0.1, -0.05) is 40.8 Å². The van der Waals surface area contributed by atoms with Gasteiger partial charge in [0.2, 0.25) is 11.0 Å². The lowest BCUT2D eigenvalue weighted by atomic mass is 10.2. The fraction of sp³-hybridized carbons (Fsp3) is 0.176. The Kier molecular flexibility index (Phi) is 4.92. The highest BCUT2D eigenvalue weighted by molar-refractivity contribution is 7.99. The van der Waals surface area contributed by atoms with E-state index in [1.807, 2.05) is 38.1 Å². The number of nitrogens with zero attached hydrogens (tertiary/aromatic N) is 5. The molecule has 2 N–H and O–H groups in total. The Morgan fingerprint density at radius 3 is 2.75 bits per heavy atom. The van der Waals surface area contributed by atoms with E-state index in [1.54, 1.807) is 4.68 Å². The molecule has 0 aliphatic rings. The van der Waals surface area contributed by atoms with Gasteiger partial charge in [0.25, 0.3) is 5.56 Å². The summed E-state index contributed by atoms with van der Waals surface area (Å²) in [6.45, 7) is 3.81. The van der Waals surface area contributed by atoms with Crippen LogP contribution < -0.4 is 10.9 Å². The lowest BCUT2D eigenvalue weighted by Crippen LogP contribution is -2.15. The Morgan fingerprint density at radius 1 is 1.25 bits per heavy atom. The normalized spacial score (nSPS) is 11.1. The van der Waals surface area contributed by atoms with Crippen molar-refractivity contribution in [3.05, 3.63) is 51.4 Å². The summed E-state index contributed by atoms with van der Waals surface area (Å²) in [4.78, 5) is 31.6. The minimum Gasteiger partial charge on any atom is -0.301 e. The minimum atomic E-state index is -0.300. The Hall–Kier alpha value is -3.05. The molecular formula is C17H15N7O2S2. The smallest absolute Gasteiger partial charge is 0.262 e. The van der Waals surface area contributed by atoms with Crippen LogP contribution in [0.2, 0.25) is 0 Å². The van der Waals surface area contributed by atoms with E-state index in [0.717, 1.165) is 28.0 Å². The molecular weight excluding hydrogens is 398 g/mol. The molecule has 0 unspecified atom stereocenters. The number of hydrogen-bond donors (Lipinski definition) is 2. The number of H-pyrrole nitrogens is 1. The molecule has 0 saturated heterocycles. The fourth-order valence-electron chi connectivity index (χ4n) is 2.48. The van der Waals surface area contributed by atoms with E-state index in [2.05, 4.69) is 30.6 Å². The van der Waals surface area contributed by atoms with Crippen molar-refractivity contribution in [3.8, 4) is 5.69 Å². The second kappa shape index (κ2) is 7.52. The van der Waals surface area contributed by atoms with Gasteiger partial charge in [-0.05, 0) is 26.0 Å². The summed E-state index contributed by atoms with van der Waals surface area (Å²) >= 11 is 2.43. The molecule has 0 radical (unpaired) electrons. The van der Waals surface area contributed by atoms with Crippen LogP contribution in [0.25, 0.3) is 16.7 Å². The Balaban J connectivity index is 1.56. The van der Waals surface area contributed by atoms with Gasteiger partial charge in [0.05, 0.1) is 17.6 Å². The van der Waals surface area contributed by atoms with Crippen LogP contribution in [0, 0.1) is 13.8 Å². The number of aryl methyl sites for hydroxylation is 2. The first-order chi connectivity index (χ1) is 13.5. The monoisotopic (exact) mass is 413 g/mol. The maximum atomic E-state index is 12.4. The van der Waals surface area contributed by atoms with Gasteiger partial charge in [-0.2, -0.15) is 5.10 Å². The zero-order valence-corrected chi connectivity index (χ0v) is 16.6. The lowest BCUT2D eigenvalue weighted by molar-refractivity contribution is -0.113. The average molecular weight is 413 g/mol. The third kappa shape index (κ3) is 3.80. The molecule has 0 saturated carbocycles. The van der Waals surface area contributed by atoms with Crippen molar-refractivity contribution in [3.63, 3.8) is 0 Å². The molecule has 3 aromatic heterocycles. The number of hydrogen-bond acceptors (Lipinski definition) is 8. The number of fused-ring (bicyclic) bond motifs is 1. The van der Waals surface area contributed by atoms with Gasteiger partial charge in [-0.15, -0.1) is 10.2 Å². The average Bonchev–Trinajstić information content (AvgIpc) is 3.27. The molecule has 9 nitrogen and oxygen atoms in total. The predicted octanol–water partition coefficient (Wildman–Crippen LogP) is 2.31. The third-order valence-electron chi connectivity index (χ3n) is 3.81. The van der Waals surface area contributed by atoms with Gasteiger partial charge in [-0.25, -0.2) is 9.67 Å². The SMILES string of the molecule is Cc1ccc(-n2ncc3c(=O)[nH]c(SCC(=O)Nc4nnc(C)s4)nc32)cc1. The molecule has 0 aliphatic carbocycles. The van der Waals surface area contributed by atoms with Crippen molar-refractivity contribution < 1.29 is 4.79 Å². The predicted molar refractivity (Wildman–Crippen MR) is 108 cm³/mol. The van der Waals surface area contributed by atoms with Crippen molar-refractivity contribution in [2.45, 2.75) is 19.0 Å². The van der Waals surface area contributed by atoms with Gasteiger partial charge >= 0.3 is 0 Å². The Labute approximate surface area is 167 Å². The molecule has 1 amide bonds. The molecule has 11 heteroatoms. The summed E-state index contributed by atoms with van der Waals surface area (Å²) in [5, 5.41) is 16.6. The second-order valence-electron chi connectivity index (χ2n) is 5.96. The zero-order valence-electron chi connectivity index (χ0n) is 15.0. The molecule has 0 aliphatic heterocycles. The molecule has 28 heavy (non-hydrogen) atoms. The van der Waals surface area contributed by atoms with E-state index in [-0.39, 0.29) is 17.2 Å². The second-order valence-corrected chi connectivity index (χ2v) is 8.11. The summed E-state index contributed by atoms with van der Waals surface area (Å²) in [6, 6.07) is 7.75. The van der Waals surface area contributed by atoms with Crippen LogP contribution in [0.15, 0.2) is 40.4 Å². The van der Waals surface area contributed by atoms with Crippen LogP contribution in [-0.2, 0) is 4.79 Å². The van der Waals surface area contributed by atoms with Crippen molar-refractivity contribution >= 4 is 45.2 Å². The number of thioether (sulfide) groups is 1. The molecule has 0 bridgehead atoms. The highest BCUT2D eigenvalue weighted by Gasteiger charge is 2.13. The van der Waals surface area contributed by atoms with Crippen LogP contribution in [0.4, 0.5) is 5.13 Å².